The quantitative estimate of drug-likeness (QED) is 0.767. The van der Waals surface area contributed by atoms with Crippen LogP contribution in [0.4, 0.5) is 0 Å². The second-order valence-corrected chi connectivity index (χ2v) is 5.40. The van der Waals surface area contributed by atoms with E-state index < -0.39 is 0 Å². The number of phenolic OH excluding ortho intramolecular Hbond substituents is 1. The fraction of sp³-hybridized carbons (Fsp3) is 0.600. The highest BCUT2D eigenvalue weighted by molar-refractivity contribution is 5.39. The predicted molar refractivity (Wildman–Crippen MR) is 72.5 cm³/mol. The number of hydrogen-bond acceptors (Lipinski definition) is 3. The molecule has 3 nitrogen and oxygen atoms in total. The van der Waals surface area contributed by atoms with Crippen LogP contribution in [0.15, 0.2) is 18.2 Å². The summed E-state index contributed by atoms with van der Waals surface area (Å²) in [7, 11) is 0. The SMILES string of the molecule is Cc1cccc(CNCC2CCCC(O)C2)c1O. The highest BCUT2D eigenvalue weighted by Crippen LogP contribution is 2.24. The van der Waals surface area contributed by atoms with Gasteiger partial charge in [-0.3, -0.25) is 0 Å². The number of aliphatic hydroxyl groups excluding tert-OH is 1. The molecule has 0 bridgehead atoms. The molecular weight excluding hydrogens is 226 g/mol. The molecule has 1 fully saturated rings. The fourth-order valence-corrected chi connectivity index (χ4v) is 2.72. The topological polar surface area (TPSA) is 52.5 Å². The molecule has 0 amide bonds. The Morgan fingerprint density at radius 2 is 2.17 bits per heavy atom. The number of benzene rings is 1. The zero-order valence-corrected chi connectivity index (χ0v) is 11.0. The lowest BCUT2D eigenvalue weighted by Crippen LogP contribution is -2.28. The molecule has 1 aromatic carbocycles. The van der Waals surface area contributed by atoms with Gasteiger partial charge in [0.1, 0.15) is 5.75 Å². The van der Waals surface area contributed by atoms with Crippen LogP contribution in [0.2, 0.25) is 0 Å². The van der Waals surface area contributed by atoms with E-state index in [0.29, 0.717) is 18.2 Å². The van der Waals surface area contributed by atoms with Crippen LogP contribution in [-0.2, 0) is 6.54 Å². The van der Waals surface area contributed by atoms with Crippen LogP contribution in [0.25, 0.3) is 0 Å². The van der Waals surface area contributed by atoms with E-state index >= 15 is 0 Å². The van der Waals surface area contributed by atoms with Crippen LogP contribution in [0, 0.1) is 12.8 Å². The van der Waals surface area contributed by atoms with E-state index in [1.807, 2.05) is 25.1 Å². The van der Waals surface area contributed by atoms with Crippen molar-refractivity contribution in [3.63, 3.8) is 0 Å². The van der Waals surface area contributed by atoms with Gasteiger partial charge < -0.3 is 15.5 Å². The number of aliphatic hydroxyl groups is 1. The maximum atomic E-state index is 9.90. The first-order chi connectivity index (χ1) is 8.66. The molecule has 0 aliphatic heterocycles. The summed E-state index contributed by atoms with van der Waals surface area (Å²) in [6, 6.07) is 5.83. The molecule has 1 saturated carbocycles. The van der Waals surface area contributed by atoms with E-state index in [-0.39, 0.29) is 6.10 Å². The summed E-state index contributed by atoms with van der Waals surface area (Å²) in [5.74, 6) is 0.967. The second kappa shape index (κ2) is 6.21. The van der Waals surface area contributed by atoms with Gasteiger partial charge in [-0.05, 0) is 44.2 Å². The third kappa shape index (κ3) is 3.47. The molecule has 2 rings (SSSR count). The molecular formula is C15H23NO2. The molecule has 100 valence electrons. The van der Waals surface area contributed by atoms with E-state index in [2.05, 4.69) is 5.32 Å². The number of rotatable bonds is 4. The van der Waals surface area contributed by atoms with E-state index in [4.69, 9.17) is 0 Å². The third-order valence-corrected chi connectivity index (χ3v) is 3.82. The first-order valence-corrected chi connectivity index (χ1v) is 6.83. The van der Waals surface area contributed by atoms with Gasteiger partial charge in [0, 0.05) is 12.1 Å². The molecule has 1 aliphatic rings. The van der Waals surface area contributed by atoms with Crippen molar-refractivity contribution >= 4 is 0 Å². The third-order valence-electron chi connectivity index (χ3n) is 3.82. The number of para-hydroxylation sites is 1. The molecule has 1 aromatic rings. The van der Waals surface area contributed by atoms with E-state index in [1.54, 1.807) is 0 Å². The minimum atomic E-state index is -0.113. The van der Waals surface area contributed by atoms with Crippen LogP contribution >= 0.6 is 0 Å². The lowest BCUT2D eigenvalue weighted by atomic mass is 9.87. The van der Waals surface area contributed by atoms with Gasteiger partial charge in [0.25, 0.3) is 0 Å². The van der Waals surface area contributed by atoms with Gasteiger partial charge in [-0.1, -0.05) is 24.6 Å². The normalized spacial score (nSPS) is 24.1. The molecule has 0 aromatic heterocycles. The van der Waals surface area contributed by atoms with Crippen molar-refractivity contribution in [2.45, 2.75) is 45.3 Å². The summed E-state index contributed by atoms with van der Waals surface area (Å²) >= 11 is 0. The lowest BCUT2D eigenvalue weighted by Gasteiger charge is -2.26. The molecule has 2 atom stereocenters. The maximum Gasteiger partial charge on any atom is 0.122 e. The fourth-order valence-electron chi connectivity index (χ4n) is 2.72. The largest absolute Gasteiger partial charge is 0.507 e. The van der Waals surface area contributed by atoms with Crippen molar-refractivity contribution < 1.29 is 10.2 Å². The van der Waals surface area contributed by atoms with Crippen molar-refractivity contribution in [3.8, 4) is 5.75 Å². The maximum absolute atomic E-state index is 9.90. The Labute approximate surface area is 109 Å². The van der Waals surface area contributed by atoms with Crippen molar-refractivity contribution in [3.05, 3.63) is 29.3 Å². The highest BCUT2D eigenvalue weighted by atomic mass is 16.3. The van der Waals surface area contributed by atoms with Crippen LogP contribution in [0.3, 0.4) is 0 Å². The lowest BCUT2D eigenvalue weighted by molar-refractivity contribution is 0.101. The average Bonchev–Trinajstić information content (AvgIpc) is 2.35. The molecule has 2 unspecified atom stereocenters. The molecule has 3 N–H and O–H groups in total. The molecule has 0 heterocycles. The van der Waals surface area contributed by atoms with Crippen molar-refractivity contribution in [2.75, 3.05) is 6.54 Å². The van der Waals surface area contributed by atoms with Gasteiger partial charge in [-0.25, -0.2) is 0 Å². The Morgan fingerprint density at radius 1 is 1.33 bits per heavy atom. The number of aryl methyl sites for hydroxylation is 1. The van der Waals surface area contributed by atoms with Crippen LogP contribution in [0.5, 0.6) is 5.75 Å². The zero-order valence-electron chi connectivity index (χ0n) is 11.0. The molecule has 18 heavy (non-hydrogen) atoms. The van der Waals surface area contributed by atoms with Crippen molar-refractivity contribution in [1.29, 1.82) is 0 Å². The Hall–Kier alpha value is -1.06. The molecule has 0 radical (unpaired) electrons. The van der Waals surface area contributed by atoms with E-state index in [9.17, 15) is 10.2 Å². The van der Waals surface area contributed by atoms with Crippen molar-refractivity contribution in [1.82, 2.24) is 5.32 Å². The first kappa shape index (κ1) is 13.4. The summed E-state index contributed by atoms with van der Waals surface area (Å²) in [5, 5.41) is 22.9. The predicted octanol–water partition coefficient (Wildman–Crippen LogP) is 2.34. The molecule has 3 heteroatoms. The van der Waals surface area contributed by atoms with Crippen LogP contribution < -0.4 is 5.32 Å². The zero-order chi connectivity index (χ0) is 13.0. The van der Waals surface area contributed by atoms with E-state index in [1.165, 1.54) is 6.42 Å². The monoisotopic (exact) mass is 249 g/mol. The molecule has 0 saturated heterocycles. The van der Waals surface area contributed by atoms with Gasteiger partial charge in [0.05, 0.1) is 6.10 Å². The number of aromatic hydroxyl groups is 1. The van der Waals surface area contributed by atoms with Crippen LogP contribution in [-0.4, -0.2) is 22.9 Å². The average molecular weight is 249 g/mol. The minimum absolute atomic E-state index is 0.113. The van der Waals surface area contributed by atoms with Gasteiger partial charge in [0.15, 0.2) is 0 Å². The van der Waals surface area contributed by atoms with Crippen LogP contribution in [0.1, 0.15) is 36.8 Å². The van der Waals surface area contributed by atoms with Gasteiger partial charge in [-0.2, -0.15) is 0 Å². The Balaban J connectivity index is 1.79. The Morgan fingerprint density at radius 3 is 2.94 bits per heavy atom. The summed E-state index contributed by atoms with van der Waals surface area (Å²) in [6.45, 7) is 3.53. The molecule has 0 spiro atoms. The summed E-state index contributed by atoms with van der Waals surface area (Å²) in [5.41, 5.74) is 1.87. The molecule has 1 aliphatic carbocycles. The summed E-state index contributed by atoms with van der Waals surface area (Å²) in [6.07, 6.45) is 4.08. The summed E-state index contributed by atoms with van der Waals surface area (Å²) in [4.78, 5) is 0. The van der Waals surface area contributed by atoms with Gasteiger partial charge in [0.2, 0.25) is 0 Å². The van der Waals surface area contributed by atoms with Gasteiger partial charge in [-0.15, -0.1) is 0 Å². The number of phenols is 1. The summed E-state index contributed by atoms with van der Waals surface area (Å²) < 4.78 is 0. The van der Waals surface area contributed by atoms with Gasteiger partial charge >= 0.3 is 0 Å². The smallest absolute Gasteiger partial charge is 0.122 e. The first-order valence-electron chi connectivity index (χ1n) is 6.83. The van der Waals surface area contributed by atoms with E-state index in [0.717, 1.165) is 36.9 Å². The second-order valence-electron chi connectivity index (χ2n) is 5.40. The number of hydrogen-bond donors (Lipinski definition) is 3. The Bertz CT molecular complexity index is 392. The Kier molecular flexibility index (Phi) is 4.61. The van der Waals surface area contributed by atoms with Crippen molar-refractivity contribution in [2.24, 2.45) is 5.92 Å². The highest BCUT2D eigenvalue weighted by Gasteiger charge is 2.19. The number of nitrogens with one attached hydrogen (secondary N) is 1. The standard InChI is InChI=1S/C15H23NO2/c1-11-4-2-6-13(15(11)18)10-16-9-12-5-3-7-14(17)8-12/h2,4,6,12,14,16-18H,3,5,7-10H2,1H3. The minimum Gasteiger partial charge on any atom is -0.507 e.